The van der Waals surface area contributed by atoms with Crippen LogP contribution in [0.15, 0.2) is 27.4 Å². The highest BCUT2D eigenvalue weighted by Gasteiger charge is 2.13. The molecule has 1 atom stereocenters. The van der Waals surface area contributed by atoms with Crippen molar-refractivity contribution in [3.63, 3.8) is 0 Å². The topological polar surface area (TPSA) is 79.6 Å². The first-order valence-corrected chi connectivity index (χ1v) is 5.81. The van der Waals surface area contributed by atoms with Crippen LogP contribution < -0.4 is 15.5 Å². The highest BCUT2D eigenvalue weighted by atomic mass is 16.5. The fourth-order valence-electron chi connectivity index (χ4n) is 1.91. The molecule has 5 nitrogen and oxygen atoms in total. The van der Waals surface area contributed by atoms with Crippen molar-refractivity contribution in [2.45, 2.75) is 26.9 Å². The molecule has 0 unspecified atom stereocenters. The first kappa shape index (κ1) is 13.1. The molecule has 2 rings (SSSR count). The Morgan fingerprint density at radius 2 is 2.00 bits per heavy atom. The summed E-state index contributed by atoms with van der Waals surface area (Å²) < 4.78 is 10.5. The highest BCUT2D eigenvalue weighted by molar-refractivity contribution is 5.87. The summed E-state index contributed by atoms with van der Waals surface area (Å²) in [5, 5.41) is 11.3. The number of carboxylic acid groups (broad SMARTS) is 1. The molecule has 0 radical (unpaired) electrons. The zero-order chi connectivity index (χ0) is 14.2. The van der Waals surface area contributed by atoms with Gasteiger partial charge in [0, 0.05) is 6.07 Å². The molecule has 19 heavy (non-hydrogen) atoms. The third-order valence-corrected chi connectivity index (χ3v) is 2.79. The number of carbonyl (C=O) groups is 1. The van der Waals surface area contributed by atoms with Crippen LogP contribution >= 0.6 is 0 Å². The number of rotatable bonds is 3. The van der Waals surface area contributed by atoms with Crippen LogP contribution in [0.2, 0.25) is 0 Å². The Balaban J connectivity index is 2.66. The third kappa shape index (κ3) is 2.59. The van der Waals surface area contributed by atoms with Crippen molar-refractivity contribution in [1.29, 1.82) is 0 Å². The summed E-state index contributed by atoms with van der Waals surface area (Å²) in [5.74, 6) is -0.933. The van der Waals surface area contributed by atoms with E-state index in [-0.39, 0.29) is 0 Å². The summed E-state index contributed by atoms with van der Waals surface area (Å²) in [4.78, 5) is 22.1. The Hall–Kier alpha value is -2.30. The maximum atomic E-state index is 11.3. The van der Waals surface area contributed by atoms with Crippen molar-refractivity contribution in [3.05, 3.63) is 39.7 Å². The molecule has 0 saturated heterocycles. The lowest BCUT2D eigenvalue weighted by Gasteiger charge is -2.17. The van der Waals surface area contributed by atoms with Gasteiger partial charge in [-0.2, -0.15) is 0 Å². The molecule has 1 aromatic carbocycles. The second-order valence-electron chi connectivity index (χ2n) is 4.46. The van der Waals surface area contributed by atoms with Gasteiger partial charge < -0.3 is 19.1 Å². The van der Waals surface area contributed by atoms with Gasteiger partial charge >= 0.3 is 5.63 Å². The maximum Gasteiger partial charge on any atom is 0.336 e. The van der Waals surface area contributed by atoms with Crippen molar-refractivity contribution in [3.8, 4) is 5.75 Å². The molecule has 0 aliphatic carbocycles. The van der Waals surface area contributed by atoms with Crippen molar-refractivity contribution in [2.75, 3.05) is 0 Å². The number of hydrogen-bond donors (Lipinski definition) is 0. The number of benzene rings is 1. The van der Waals surface area contributed by atoms with E-state index in [2.05, 4.69) is 0 Å². The lowest BCUT2D eigenvalue weighted by Crippen LogP contribution is -2.37. The van der Waals surface area contributed by atoms with E-state index in [1.165, 1.54) is 13.0 Å². The summed E-state index contributed by atoms with van der Waals surface area (Å²) in [7, 11) is 0. The molecule has 100 valence electrons. The molecule has 0 bridgehead atoms. The van der Waals surface area contributed by atoms with Gasteiger partial charge in [0.05, 0.1) is 11.4 Å². The predicted octanol–water partition coefficient (Wildman–Crippen LogP) is 0.927. The van der Waals surface area contributed by atoms with E-state index in [4.69, 9.17) is 9.15 Å². The van der Waals surface area contributed by atoms with Crippen LogP contribution in [-0.4, -0.2) is 12.1 Å². The quantitative estimate of drug-likeness (QED) is 0.768. The fourth-order valence-corrected chi connectivity index (χ4v) is 1.91. The van der Waals surface area contributed by atoms with Crippen LogP contribution in [0.1, 0.15) is 18.1 Å². The van der Waals surface area contributed by atoms with Gasteiger partial charge in [0.2, 0.25) is 0 Å². The molecule has 0 aliphatic heterocycles. The largest absolute Gasteiger partial charge is 0.546 e. The van der Waals surface area contributed by atoms with E-state index < -0.39 is 17.7 Å². The monoisotopic (exact) mass is 261 g/mol. The van der Waals surface area contributed by atoms with Gasteiger partial charge in [-0.3, -0.25) is 0 Å². The Morgan fingerprint density at radius 1 is 1.32 bits per heavy atom. The molecular weight excluding hydrogens is 248 g/mol. The van der Waals surface area contributed by atoms with Gasteiger partial charge in [-0.15, -0.1) is 0 Å². The number of hydrogen-bond acceptors (Lipinski definition) is 5. The molecule has 0 N–H and O–H groups in total. The van der Waals surface area contributed by atoms with Crippen molar-refractivity contribution < 1.29 is 19.1 Å². The van der Waals surface area contributed by atoms with Gasteiger partial charge in [0.25, 0.3) is 0 Å². The number of ether oxygens (including phenoxy) is 1. The van der Waals surface area contributed by atoms with Gasteiger partial charge in [0.15, 0.2) is 0 Å². The average molecular weight is 261 g/mol. The summed E-state index contributed by atoms with van der Waals surface area (Å²) in [6.45, 7) is 4.93. The summed E-state index contributed by atoms with van der Waals surface area (Å²) in [6, 6.07) is 4.75. The van der Waals surface area contributed by atoms with Crippen LogP contribution in [0, 0.1) is 13.8 Å². The van der Waals surface area contributed by atoms with E-state index in [1.54, 1.807) is 26.0 Å². The van der Waals surface area contributed by atoms with E-state index in [0.717, 1.165) is 5.56 Å². The SMILES string of the molecule is Cc1cc(O[C@@H](C)C(=O)[O-])c2c(C)cc(=O)oc2c1. The Labute approximate surface area is 109 Å². The van der Waals surface area contributed by atoms with Gasteiger partial charge in [-0.05, 0) is 44.0 Å². The zero-order valence-corrected chi connectivity index (χ0v) is 10.9. The molecule has 0 aliphatic rings. The molecular formula is C14H13O5-. The van der Waals surface area contributed by atoms with Crippen LogP contribution in [0.25, 0.3) is 11.0 Å². The first-order valence-electron chi connectivity index (χ1n) is 5.81. The lowest BCUT2D eigenvalue weighted by molar-refractivity contribution is -0.312. The van der Waals surface area contributed by atoms with Crippen LogP contribution in [-0.2, 0) is 4.79 Å². The number of carboxylic acids is 1. The highest BCUT2D eigenvalue weighted by Crippen LogP contribution is 2.30. The molecule has 5 heteroatoms. The van der Waals surface area contributed by atoms with Crippen LogP contribution in [0.3, 0.4) is 0 Å². The normalized spacial score (nSPS) is 12.4. The van der Waals surface area contributed by atoms with E-state index >= 15 is 0 Å². The summed E-state index contributed by atoms with van der Waals surface area (Å²) >= 11 is 0. The van der Waals surface area contributed by atoms with Gasteiger partial charge in [-0.25, -0.2) is 4.79 Å². The molecule has 0 amide bonds. The van der Waals surface area contributed by atoms with Crippen molar-refractivity contribution in [2.24, 2.45) is 0 Å². The second-order valence-corrected chi connectivity index (χ2v) is 4.46. The number of aliphatic carboxylic acids is 1. The number of fused-ring (bicyclic) bond motifs is 1. The van der Waals surface area contributed by atoms with Crippen LogP contribution in [0.5, 0.6) is 5.75 Å². The molecule has 0 spiro atoms. The Morgan fingerprint density at radius 3 is 2.63 bits per heavy atom. The zero-order valence-electron chi connectivity index (χ0n) is 10.9. The number of carbonyl (C=O) groups excluding carboxylic acids is 1. The second kappa shape index (κ2) is 4.76. The predicted molar refractivity (Wildman–Crippen MR) is 67.1 cm³/mol. The van der Waals surface area contributed by atoms with Crippen LogP contribution in [0.4, 0.5) is 0 Å². The maximum absolute atomic E-state index is 11.3. The standard InChI is InChI=1S/C14H14O5/c1-7-4-10(18-9(3)14(16)17)13-8(2)6-12(15)19-11(13)5-7/h4-6,9H,1-3H3,(H,16,17)/p-1/t9-/m0/s1. The molecule has 1 heterocycles. The van der Waals surface area contributed by atoms with E-state index in [1.807, 2.05) is 0 Å². The average Bonchev–Trinajstić information content (AvgIpc) is 2.26. The summed E-state index contributed by atoms with van der Waals surface area (Å²) in [5.41, 5.74) is 1.41. The molecule has 0 fully saturated rings. The fraction of sp³-hybridized carbons (Fsp3) is 0.286. The van der Waals surface area contributed by atoms with Crippen molar-refractivity contribution >= 4 is 16.9 Å². The minimum Gasteiger partial charge on any atom is -0.546 e. The smallest absolute Gasteiger partial charge is 0.336 e. The minimum atomic E-state index is -1.30. The van der Waals surface area contributed by atoms with Crippen molar-refractivity contribution in [1.82, 2.24) is 0 Å². The summed E-state index contributed by atoms with van der Waals surface area (Å²) in [6.07, 6.45) is -1.09. The van der Waals surface area contributed by atoms with Gasteiger partial charge in [-0.1, -0.05) is 0 Å². The van der Waals surface area contributed by atoms with E-state index in [0.29, 0.717) is 22.3 Å². The third-order valence-electron chi connectivity index (χ3n) is 2.79. The Bertz CT molecular complexity index is 699. The molecule has 0 saturated carbocycles. The Kier molecular flexibility index (Phi) is 3.29. The first-order chi connectivity index (χ1) is 8.88. The lowest BCUT2D eigenvalue weighted by atomic mass is 10.1. The molecule has 2 aromatic rings. The van der Waals surface area contributed by atoms with Gasteiger partial charge in [0.1, 0.15) is 17.4 Å². The van der Waals surface area contributed by atoms with E-state index in [9.17, 15) is 14.7 Å². The minimum absolute atomic E-state index is 0.368. The number of aryl methyl sites for hydroxylation is 2. The molecule has 1 aromatic heterocycles.